The summed E-state index contributed by atoms with van der Waals surface area (Å²) in [6, 6.07) is 0. The van der Waals surface area contributed by atoms with Gasteiger partial charge in [-0.3, -0.25) is 12.2 Å². The van der Waals surface area contributed by atoms with Gasteiger partial charge in [-0.2, -0.15) is 12.2 Å². The normalized spacial score (nSPS) is 14.9. The van der Waals surface area contributed by atoms with Gasteiger partial charge in [-0.25, -0.2) is 23.3 Å². The topological polar surface area (TPSA) is 0 Å². The van der Waals surface area contributed by atoms with Crippen LogP contribution in [0, 0.1) is 12.2 Å². The SMILES string of the molecule is CCCCC1=[C-]CC=C1.CCCCC1=[C-]CC=C1.[Br][W][Br]. The molecule has 0 heterocycles. The fourth-order valence-electron chi connectivity index (χ4n) is 1.98. The monoisotopic (exact) mass is 584 g/mol. The Kier molecular flexibility index (Phi) is 17.5. The molecule has 2 aliphatic carbocycles. The van der Waals surface area contributed by atoms with Gasteiger partial charge in [-0.05, 0) is 0 Å². The van der Waals surface area contributed by atoms with Crippen LogP contribution in [-0.4, -0.2) is 0 Å². The van der Waals surface area contributed by atoms with Crippen molar-refractivity contribution in [3.8, 4) is 0 Å². The molecule has 0 saturated heterocycles. The molecule has 0 spiro atoms. The molecular weight excluding hydrogens is 560 g/mol. The molecule has 3 heteroatoms. The van der Waals surface area contributed by atoms with Gasteiger partial charge in [-0.1, -0.05) is 52.4 Å². The maximum absolute atomic E-state index is 3.30. The molecule has 0 bridgehead atoms. The molecular formula is C18H26Br2W-2. The van der Waals surface area contributed by atoms with Crippen molar-refractivity contribution in [2.45, 2.75) is 65.2 Å². The van der Waals surface area contributed by atoms with E-state index in [1.54, 1.807) is 0 Å². The summed E-state index contributed by atoms with van der Waals surface area (Å²) in [4.78, 5) is 0. The predicted octanol–water partition coefficient (Wildman–Crippen LogP) is 7.42. The van der Waals surface area contributed by atoms with E-state index in [2.05, 4.69) is 76.9 Å². The summed E-state index contributed by atoms with van der Waals surface area (Å²) in [7, 11) is 0. The van der Waals surface area contributed by atoms with Crippen LogP contribution >= 0.6 is 26.6 Å². The summed E-state index contributed by atoms with van der Waals surface area (Å²) in [5.41, 5.74) is 2.83. The summed E-state index contributed by atoms with van der Waals surface area (Å²) in [5, 5.41) is 0. The van der Waals surface area contributed by atoms with E-state index in [1.165, 1.54) is 49.7 Å². The third kappa shape index (κ3) is 14.0. The number of hydrogen-bond donors (Lipinski definition) is 0. The Morgan fingerprint density at radius 3 is 1.52 bits per heavy atom. The second-order valence-corrected chi connectivity index (χ2v) is 17.7. The molecule has 21 heavy (non-hydrogen) atoms. The first-order valence-electron chi connectivity index (χ1n) is 7.70. The molecule has 0 nitrogen and oxygen atoms in total. The van der Waals surface area contributed by atoms with E-state index in [0.717, 1.165) is 12.8 Å². The molecule has 0 fully saturated rings. The van der Waals surface area contributed by atoms with E-state index in [9.17, 15) is 0 Å². The summed E-state index contributed by atoms with van der Waals surface area (Å²) in [5.74, 6) is 0. The van der Waals surface area contributed by atoms with Gasteiger partial charge in [0.1, 0.15) is 0 Å². The van der Waals surface area contributed by atoms with E-state index in [1.807, 2.05) is 0 Å². The second kappa shape index (κ2) is 17.0. The molecule has 2 rings (SSSR count). The first kappa shape index (κ1) is 21.6. The van der Waals surface area contributed by atoms with Crippen LogP contribution in [0.15, 0.2) is 35.5 Å². The van der Waals surface area contributed by atoms with E-state index in [4.69, 9.17) is 0 Å². The van der Waals surface area contributed by atoms with Crippen LogP contribution in [0.25, 0.3) is 0 Å². The molecule has 120 valence electrons. The van der Waals surface area contributed by atoms with Crippen LogP contribution in [0.1, 0.15) is 65.2 Å². The Morgan fingerprint density at radius 1 is 0.905 bits per heavy atom. The van der Waals surface area contributed by atoms with Crippen LogP contribution in [0.2, 0.25) is 0 Å². The van der Waals surface area contributed by atoms with Gasteiger partial charge in [0, 0.05) is 0 Å². The van der Waals surface area contributed by atoms with Crippen molar-refractivity contribution in [1.29, 1.82) is 0 Å². The van der Waals surface area contributed by atoms with Crippen molar-refractivity contribution in [3.05, 3.63) is 47.6 Å². The van der Waals surface area contributed by atoms with Crippen molar-refractivity contribution in [2.24, 2.45) is 0 Å². The van der Waals surface area contributed by atoms with E-state index in [0.29, 0.717) is 0 Å². The number of halogens is 2. The first-order chi connectivity index (χ1) is 10.3. The minimum atomic E-state index is -0.125. The fourth-order valence-corrected chi connectivity index (χ4v) is 1.98. The van der Waals surface area contributed by atoms with Crippen LogP contribution in [0.5, 0.6) is 0 Å². The third-order valence-corrected chi connectivity index (χ3v) is 3.13. The zero-order chi connectivity index (χ0) is 15.8. The number of unbranched alkanes of at least 4 members (excludes halogenated alkanes) is 2. The Morgan fingerprint density at radius 2 is 1.29 bits per heavy atom. The zero-order valence-corrected chi connectivity index (χ0v) is 19.2. The van der Waals surface area contributed by atoms with Crippen LogP contribution in [0.3, 0.4) is 0 Å². The standard InChI is InChI=1S/2C9H13.2BrH.W/c2*1-2-3-6-9-7-4-5-8-9;;;/h2*4,7H,2-3,5-6H2,1H3;2*1H;/q2*-1;;;+2/p-2. The summed E-state index contributed by atoms with van der Waals surface area (Å²) in [6.07, 6.45) is 25.1. The van der Waals surface area contributed by atoms with E-state index >= 15 is 0 Å². The van der Waals surface area contributed by atoms with Crippen molar-refractivity contribution in [2.75, 3.05) is 0 Å². The number of hydrogen-bond acceptors (Lipinski definition) is 0. The molecule has 0 aromatic carbocycles. The average Bonchev–Trinajstić information content (AvgIpc) is 3.18. The quantitative estimate of drug-likeness (QED) is 0.285. The summed E-state index contributed by atoms with van der Waals surface area (Å²) >= 11 is 6.33. The Hall–Kier alpha value is 0.608. The van der Waals surface area contributed by atoms with Gasteiger partial charge in [0.25, 0.3) is 0 Å². The van der Waals surface area contributed by atoms with Crippen molar-refractivity contribution in [1.82, 2.24) is 0 Å². The summed E-state index contributed by atoms with van der Waals surface area (Å²) < 4.78 is 0. The Bertz CT molecular complexity index is 320. The molecule has 0 aromatic heterocycles. The second-order valence-electron chi connectivity index (χ2n) is 4.88. The van der Waals surface area contributed by atoms with Crippen molar-refractivity contribution >= 4 is 26.6 Å². The number of rotatable bonds is 6. The molecule has 2 aliphatic rings. The summed E-state index contributed by atoms with van der Waals surface area (Å²) in [6.45, 7) is 4.44. The van der Waals surface area contributed by atoms with Crippen molar-refractivity contribution in [3.63, 3.8) is 0 Å². The van der Waals surface area contributed by atoms with Crippen LogP contribution in [-0.2, 0) is 14.5 Å². The predicted molar refractivity (Wildman–Crippen MR) is 97.9 cm³/mol. The third-order valence-electron chi connectivity index (χ3n) is 3.13. The maximum atomic E-state index is 3.30. The van der Waals surface area contributed by atoms with Gasteiger partial charge < -0.3 is 0 Å². The van der Waals surface area contributed by atoms with E-state index in [-0.39, 0.29) is 14.5 Å². The van der Waals surface area contributed by atoms with Crippen LogP contribution in [0.4, 0.5) is 0 Å². The molecule has 0 saturated carbocycles. The average molecular weight is 586 g/mol. The molecule has 0 aromatic rings. The van der Waals surface area contributed by atoms with Gasteiger partial charge in [0.05, 0.1) is 0 Å². The molecule has 0 N–H and O–H groups in total. The molecule has 0 amide bonds. The van der Waals surface area contributed by atoms with Gasteiger partial charge in [0.15, 0.2) is 0 Å². The Balaban J connectivity index is 0.000000322. The zero-order valence-electron chi connectivity index (χ0n) is 13.1. The minimum absolute atomic E-state index is 0.125. The Labute approximate surface area is 153 Å². The molecule has 0 radical (unpaired) electrons. The number of allylic oxidation sites excluding steroid dienone is 8. The molecule has 0 atom stereocenters. The fraction of sp³-hybridized carbons (Fsp3) is 0.556. The molecule has 0 unspecified atom stereocenters. The van der Waals surface area contributed by atoms with Crippen LogP contribution < -0.4 is 0 Å². The molecule has 0 aliphatic heterocycles. The van der Waals surface area contributed by atoms with Gasteiger partial charge in [0.2, 0.25) is 0 Å². The van der Waals surface area contributed by atoms with Gasteiger partial charge in [-0.15, -0.1) is 12.8 Å². The van der Waals surface area contributed by atoms with Crippen molar-refractivity contribution < 1.29 is 14.5 Å². The van der Waals surface area contributed by atoms with E-state index < -0.39 is 0 Å². The first-order valence-corrected chi connectivity index (χ1v) is 20.5. The van der Waals surface area contributed by atoms with Gasteiger partial charge >= 0.3 is 41.0 Å².